The van der Waals surface area contributed by atoms with Crippen molar-refractivity contribution in [3.05, 3.63) is 42.5 Å². The summed E-state index contributed by atoms with van der Waals surface area (Å²) in [5, 5.41) is 6.69. The van der Waals surface area contributed by atoms with Gasteiger partial charge in [0.25, 0.3) is 0 Å². The molecule has 1 aliphatic rings. The van der Waals surface area contributed by atoms with E-state index in [1.54, 1.807) is 35.5 Å². The fraction of sp³-hybridized carbons (Fsp3) is 0.312. The monoisotopic (exact) mass is 316 g/mol. The molecule has 1 saturated heterocycles. The summed E-state index contributed by atoms with van der Waals surface area (Å²) in [6.07, 6.45) is 3.40. The van der Waals surface area contributed by atoms with Crippen molar-refractivity contribution in [1.29, 1.82) is 0 Å². The van der Waals surface area contributed by atoms with Gasteiger partial charge in [-0.2, -0.15) is 5.10 Å². The van der Waals surface area contributed by atoms with Crippen LogP contribution in [0.25, 0.3) is 5.69 Å². The number of hydrogen-bond acceptors (Lipinski definition) is 3. The second-order valence-electron chi connectivity index (χ2n) is 5.41. The van der Waals surface area contributed by atoms with Crippen LogP contribution in [-0.4, -0.2) is 39.6 Å². The molecule has 0 spiro atoms. The number of hydrogen-bond donors (Lipinski definition) is 1. The van der Waals surface area contributed by atoms with Gasteiger partial charge in [0, 0.05) is 31.9 Å². The number of amides is 2. The lowest BCUT2D eigenvalue weighted by molar-refractivity contribution is -0.128. The van der Waals surface area contributed by atoms with Crippen molar-refractivity contribution < 1.29 is 14.0 Å². The number of aromatic nitrogens is 2. The van der Waals surface area contributed by atoms with Crippen LogP contribution in [0.2, 0.25) is 0 Å². The first-order chi connectivity index (χ1) is 11.1. The van der Waals surface area contributed by atoms with Gasteiger partial charge in [-0.3, -0.25) is 9.59 Å². The van der Waals surface area contributed by atoms with Gasteiger partial charge in [-0.1, -0.05) is 6.07 Å². The summed E-state index contributed by atoms with van der Waals surface area (Å²) in [6.45, 7) is 2.80. The van der Waals surface area contributed by atoms with Crippen molar-refractivity contribution in [3.63, 3.8) is 0 Å². The molecule has 1 aromatic heterocycles. The molecule has 1 aliphatic heterocycles. The first-order valence-electron chi connectivity index (χ1n) is 7.47. The van der Waals surface area contributed by atoms with E-state index in [2.05, 4.69) is 10.4 Å². The molecule has 7 heteroatoms. The maximum absolute atomic E-state index is 14.2. The molecule has 1 N–H and O–H groups in total. The lowest BCUT2D eigenvalue weighted by Gasteiger charge is -2.16. The molecule has 2 amide bonds. The van der Waals surface area contributed by atoms with E-state index in [0.29, 0.717) is 18.8 Å². The molecule has 2 heterocycles. The van der Waals surface area contributed by atoms with Crippen molar-refractivity contribution in [2.24, 2.45) is 5.92 Å². The summed E-state index contributed by atoms with van der Waals surface area (Å²) in [5.41, 5.74) is 0.517. The summed E-state index contributed by atoms with van der Waals surface area (Å²) in [5.74, 6) is -1.41. The Hall–Kier alpha value is -2.70. The molecule has 0 radical (unpaired) electrons. The summed E-state index contributed by atoms with van der Waals surface area (Å²) in [6, 6.07) is 6.22. The second-order valence-corrected chi connectivity index (χ2v) is 5.41. The van der Waals surface area contributed by atoms with E-state index in [1.165, 1.54) is 10.7 Å². The first-order valence-corrected chi connectivity index (χ1v) is 7.47. The van der Waals surface area contributed by atoms with Crippen LogP contribution in [0, 0.1) is 11.7 Å². The van der Waals surface area contributed by atoms with Gasteiger partial charge in [0.05, 0.1) is 11.6 Å². The summed E-state index contributed by atoms with van der Waals surface area (Å²) in [7, 11) is 0. The minimum absolute atomic E-state index is 0.0477. The SMILES string of the molecule is CCN1CC(C(=O)Nc2c(F)cccc2-n2cccn2)CC1=O. The molecule has 0 aliphatic carbocycles. The Bertz CT molecular complexity index is 730. The third-order valence-electron chi connectivity index (χ3n) is 3.96. The van der Waals surface area contributed by atoms with Gasteiger partial charge in [-0.05, 0) is 25.1 Å². The number of para-hydroxylation sites is 1. The number of benzene rings is 1. The van der Waals surface area contributed by atoms with Crippen LogP contribution in [0.15, 0.2) is 36.7 Å². The fourth-order valence-corrected chi connectivity index (χ4v) is 2.72. The number of nitrogens with one attached hydrogen (secondary N) is 1. The van der Waals surface area contributed by atoms with Crippen molar-refractivity contribution in [3.8, 4) is 5.69 Å². The highest BCUT2D eigenvalue weighted by atomic mass is 19.1. The average Bonchev–Trinajstić information content (AvgIpc) is 3.18. The highest BCUT2D eigenvalue weighted by molar-refractivity contribution is 5.98. The molecule has 0 bridgehead atoms. The van der Waals surface area contributed by atoms with Crippen LogP contribution in [0.1, 0.15) is 13.3 Å². The van der Waals surface area contributed by atoms with E-state index in [1.807, 2.05) is 6.92 Å². The lowest BCUT2D eigenvalue weighted by atomic mass is 10.1. The van der Waals surface area contributed by atoms with E-state index < -0.39 is 11.7 Å². The maximum Gasteiger partial charge on any atom is 0.229 e. The number of nitrogens with zero attached hydrogens (tertiary/aromatic N) is 3. The van der Waals surface area contributed by atoms with E-state index in [9.17, 15) is 14.0 Å². The van der Waals surface area contributed by atoms with Crippen LogP contribution < -0.4 is 5.32 Å². The van der Waals surface area contributed by atoms with Crippen molar-refractivity contribution >= 4 is 17.5 Å². The molecule has 1 unspecified atom stereocenters. The fourth-order valence-electron chi connectivity index (χ4n) is 2.72. The molecule has 23 heavy (non-hydrogen) atoms. The molecule has 1 fully saturated rings. The maximum atomic E-state index is 14.2. The zero-order chi connectivity index (χ0) is 16.4. The molecule has 1 aromatic carbocycles. The molecule has 6 nitrogen and oxygen atoms in total. The van der Waals surface area contributed by atoms with Gasteiger partial charge in [0.1, 0.15) is 11.5 Å². The Balaban J connectivity index is 1.83. The Labute approximate surface area is 132 Å². The highest BCUT2D eigenvalue weighted by Gasteiger charge is 2.34. The summed E-state index contributed by atoms with van der Waals surface area (Å²) < 4.78 is 15.7. The zero-order valence-corrected chi connectivity index (χ0v) is 12.7. The Kier molecular flexibility index (Phi) is 4.10. The average molecular weight is 316 g/mol. The summed E-state index contributed by atoms with van der Waals surface area (Å²) in [4.78, 5) is 25.8. The number of anilines is 1. The molecular weight excluding hydrogens is 299 g/mol. The Morgan fingerprint density at radius 3 is 2.91 bits per heavy atom. The number of carbonyl (C=O) groups is 2. The first kappa shape index (κ1) is 15.2. The van der Waals surface area contributed by atoms with E-state index in [-0.39, 0.29) is 23.9 Å². The van der Waals surface area contributed by atoms with E-state index in [4.69, 9.17) is 0 Å². The Morgan fingerprint density at radius 2 is 2.26 bits per heavy atom. The molecule has 120 valence electrons. The van der Waals surface area contributed by atoms with Gasteiger partial charge in [0.15, 0.2) is 0 Å². The third kappa shape index (κ3) is 2.94. The van der Waals surface area contributed by atoms with E-state index >= 15 is 0 Å². The van der Waals surface area contributed by atoms with Gasteiger partial charge >= 0.3 is 0 Å². The minimum Gasteiger partial charge on any atom is -0.342 e. The van der Waals surface area contributed by atoms with Crippen LogP contribution in [-0.2, 0) is 9.59 Å². The van der Waals surface area contributed by atoms with Crippen molar-refractivity contribution in [2.45, 2.75) is 13.3 Å². The van der Waals surface area contributed by atoms with Crippen LogP contribution >= 0.6 is 0 Å². The van der Waals surface area contributed by atoms with Gasteiger partial charge in [-0.25, -0.2) is 9.07 Å². The molecule has 1 atom stereocenters. The third-order valence-corrected chi connectivity index (χ3v) is 3.96. The minimum atomic E-state index is -0.539. The number of rotatable bonds is 4. The molecule has 3 rings (SSSR count). The smallest absolute Gasteiger partial charge is 0.229 e. The zero-order valence-electron chi connectivity index (χ0n) is 12.7. The van der Waals surface area contributed by atoms with Gasteiger partial charge < -0.3 is 10.2 Å². The molecule has 0 saturated carbocycles. The van der Waals surface area contributed by atoms with Gasteiger partial charge in [-0.15, -0.1) is 0 Å². The van der Waals surface area contributed by atoms with E-state index in [0.717, 1.165) is 0 Å². The highest BCUT2D eigenvalue weighted by Crippen LogP contribution is 2.25. The van der Waals surface area contributed by atoms with Crippen molar-refractivity contribution in [1.82, 2.24) is 14.7 Å². The standard InChI is InChI=1S/C16H17FN4O2/c1-2-20-10-11(9-14(20)22)16(23)19-15-12(17)5-3-6-13(15)21-8-4-7-18-21/h3-8,11H,2,9-10H2,1H3,(H,19,23). The Morgan fingerprint density at radius 1 is 1.43 bits per heavy atom. The van der Waals surface area contributed by atoms with Crippen LogP contribution in [0.5, 0.6) is 0 Å². The lowest BCUT2D eigenvalue weighted by Crippen LogP contribution is -2.28. The molecular formula is C16H17FN4O2. The topological polar surface area (TPSA) is 67.2 Å². The predicted molar refractivity (Wildman–Crippen MR) is 82.5 cm³/mol. The quantitative estimate of drug-likeness (QED) is 0.935. The number of halogens is 1. The van der Waals surface area contributed by atoms with Crippen LogP contribution in [0.3, 0.4) is 0 Å². The second kappa shape index (κ2) is 6.20. The predicted octanol–water partition coefficient (Wildman–Crippen LogP) is 1.82. The van der Waals surface area contributed by atoms with Crippen molar-refractivity contribution in [2.75, 3.05) is 18.4 Å². The number of likely N-dealkylation sites (tertiary alicyclic amines) is 1. The number of carbonyl (C=O) groups excluding carboxylic acids is 2. The summed E-state index contributed by atoms with van der Waals surface area (Å²) >= 11 is 0. The van der Waals surface area contributed by atoms with Gasteiger partial charge in [0.2, 0.25) is 11.8 Å². The normalized spacial score (nSPS) is 17.6. The van der Waals surface area contributed by atoms with Crippen LogP contribution in [0.4, 0.5) is 10.1 Å². The largest absolute Gasteiger partial charge is 0.342 e. The molecule has 2 aromatic rings.